The minimum atomic E-state index is -0.299. The number of ether oxygens (including phenoxy) is 1. The molecule has 132 valence electrons. The Morgan fingerprint density at radius 1 is 1.20 bits per heavy atom. The van der Waals surface area contributed by atoms with Crippen molar-refractivity contribution in [1.29, 1.82) is 0 Å². The highest BCUT2D eigenvalue weighted by Gasteiger charge is 2.21. The van der Waals surface area contributed by atoms with Crippen LogP contribution in [0.1, 0.15) is 24.0 Å². The van der Waals surface area contributed by atoms with Crippen LogP contribution in [0.5, 0.6) is 11.6 Å². The molecular weight excluding hydrogens is 318 g/mol. The third-order valence-corrected chi connectivity index (χ3v) is 4.44. The predicted molar refractivity (Wildman–Crippen MR) is 96.1 cm³/mol. The van der Waals surface area contributed by atoms with Gasteiger partial charge in [-0.1, -0.05) is 6.07 Å². The summed E-state index contributed by atoms with van der Waals surface area (Å²) in [6, 6.07) is 9.21. The highest BCUT2D eigenvalue weighted by Crippen LogP contribution is 2.23. The van der Waals surface area contributed by atoms with Crippen LogP contribution >= 0.6 is 0 Å². The monoisotopic (exact) mass is 341 g/mol. The first-order valence-corrected chi connectivity index (χ1v) is 8.46. The lowest BCUT2D eigenvalue weighted by Gasteiger charge is -2.29. The van der Waals surface area contributed by atoms with Crippen LogP contribution in [0.3, 0.4) is 0 Å². The number of aryl methyl sites for hydroxylation is 2. The van der Waals surface area contributed by atoms with E-state index in [0.717, 1.165) is 11.3 Å². The number of hydrogen-bond acceptors (Lipinski definition) is 4. The Kier molecular flexibility index (Phi) is 5.19. The molecule has 6 nitrogen and oxygen atoms in total. The Labute approximate surface area is 147 Å². The maximum absolute atomic E-state index is 12.2. The van der Waals surface area contributed by atoms with Gasteiger partial charge in [-0.3, -0.25) is 0 Å². The molecule has 1 aliphatic heterocycles. The zero-order valence-corrected chi connectivity index (χ0v) is 14.5. The average molecular weight is 341 g/mol. The molecule has 0 spiro atoms. The van der Waals surface area contributed by atoms with E-state index in [1.807, 2.05) is 25.1 Å². The molecule has 0 aliphatic carbocycles. The highest BCUT2D eigenvalue weighted by atomic mass is 16.5. The smallest absolute Gasteiger partial charge is 0.321 e. The van der Waals surface area contributed by atoms with E-state index in [0.29, 0.717) is 37.5 Å². The first kappa shape index (κ1) is 17.2. The van der Waals surface area contributed by atoms with Gasteiger partial charge in [0.1, 0.15) is 5.75 Å². The molecule has 0 saturated carbocycles. The van der Waals surface area contributed by atoms with Gasteiger partial charge in [-0.25, -0.2) is 9.78 Å². The summed E-state index contributed by atoms with van der Waals surface area (Å²) in [5, 5.41) is 12.3. The Balaban J connectivity index is 1.58. The van der Waals surface area contributed by atoms with Crippen LogP contribution in [-0.2, 0) is 0 Å². The lowest BCUT2D eigenvalue weighted by atomic mass is 10.1. The standard InChI is InChI=1S/C19H23N3O3/c1-13-3-5-17(11-14(13)2)25-18-6-4-15(12-20-18)21-19(24)22-9-7-16(23)8-10-22/h3-6,11-12,16,23H,7-10H2,1-2H3,(H,21,24). The summed E-state index contributed by atoms with van der Waals surface area (Å²) < 4.78 is 5.74. The third kappa shape index (κ3) is 4.48. The molecule has 1 aromatic carbocycles. The SMILES string of the molecule is Cc1ccc(Oc2ccc(NC(=O)N3CCC(O)CC3)cn2)cc1C. The van der Waals surface area contributed by atoms with E-state index in [1.165, 1.54) is 5.56 Å². The maximum Gasteiger partial charge on any atom is 0.321 e. The summed E-state index contributed by atoms with van der Waals surface area (Å²) >= 11 is 0. The van der Waals surface area contributed by atoms with E-state index in [9.17, 15) is 9.90 Å². The van der Waals surface area contributed by atoms with Crippen molar-refractivity contribution >= 4 is 11.7 Å². The second-order valence-corrected chi connectivity index (χ2v) is 6.38. The largest absolute Gasteiger partial charge is 0.439 e. The molecule has 2 amide bonds. The fourth-order valence-electron chi connectivity index (χ4n) is 2.68. The first-order valence-electron chi connectivity index (χ1n) is 8.46. The van der Waals surface area contributed by atoms with Gasteiger partial charge < -0.3 is 20.1 Å². The van der Waals surface area contributed by atoms with Crippen molar-refractivity contribution in [3.63, 3.8) is 0 Å². The van der Waals surface area contributed by atoms with Gasteiger partial charge in [0.05, 0.1) is 18.0 Å². The summed E-state index contributed by atoms with van der Waals surface area (Å²) in [4.78, 5) is 18.1. The van der Waals surface area contributed by atoms with Gasteiger partial charge >= 0.3 is 6.03 Å². The predicted octanol–water partition coefficient (Wildman–Crippen LogP) is 3.48. The van der Waals surface area contributed by atoms with Crippen molar-refractivity contribution in [2.24, 2.45) is 0 Å². The van der Waals surface area contributed by atoms with E-state index >= 15 is 0 Å². The number of carbonyl (C=O) groups excluding carboxylic acids is 1. The van der Waals surface area contributed by atoms with Crippen LogP contribution in [0.4, 0.5) is 10.5 Å². The van der Waals surface area contributed by atoms with Gasteiger partial charge in [0.25, 0.3) is 0 Å². The van der Waals surface area contributed by atoms with Crippen molar-refractivity contribution in [3.8, 4) is 11.6 Å². The molecule has 0 atom stereocenters. The number of anilines is 1. The summed E-state index contributed by atoms with van der Waals surface area (Å²) in [6.45, 7) is 5.22. The van der Waals surface area contributed by atoms with Crippen molar-refractivity contribution in [1.82, 2.24) is 9.88 Å². The van der Waals surface area contributed by atoms with Crippen molar-refractivity contribution in [2.75, 3.05) is 18.4 Å². The van der Waals surface area contributed by atoms with Crippen LogP contribution in [0.2, 0.25) is 0 Å². The number of nitrogens with one attached hydrogen (secondary N) is 1. The summed E-state index contributed by atoms with van der Waals surface area (Å²) in [5.41, 5.74) is 2.99. The number of amides is 2. The topological polar surface area (TPSA) is 74.7 Å². The molecule has 1 aliphatic rings. The number of urea groups is 1. The summed E-state index contributed by atoms with van der Waals surface area (Å²) in [7, 11) is 0. The molecule has 2 heterocycles. The summed E-state index contributed by atoms with van der Waals surface area (Å²) in [6.07, 6.45) is 2.52. The van der Waals surface area contributed by atoms with E-state index in [1.54, 1.807) is 23.2 Å². The second kappa shape index (κ2) is 7.53. The number of carbonyl (C=O) groups is 1. The lowest BCUT2D eigenvalue weighted by molar-refractivity contribution is 0.0972. The molecule has 1 saturated heterocycles. The molecule has 1 aromatic heterocycles. The van der Waals surface area contributed by atoms with Gasteiger partial charge in [-0.15, -0.1) is 0 Å². The van der Waals surface area contributed by atoms with Crippen molar-refractivity contribution in [2.45, 2.75) is 32.8 Å². The van der Waals surface area contributed by atoms with E-state index in [-0.39, 0.29) is 12.1 Å². The molecular formula is C19H23N3O3. The first-order chi connectivity index (χ1) is 12.0. The van der Waals surface area contributed by atoms with Crippen LogP contribution in [0, 0.1) is 13.8 Å². The molecule has 2 N–H and O–H groups in total. The maximum atomic E-state index is 12.2. The lowest BCUT2D eigenvalue weighted by Crippen LogP contribution is -2.42. The zero-order chi connectivity index (χ0) is 17.8. The number of hydrogen-bond donors (Lipinski definition) is 2. The average Bonchev–Trinajstić information content (AvgIpc) is 2.60. The zero-order valence-electron chi connectivity index (χ0n) is 14.5. The van der Waals surface area contributed by atoms with E-state index in [4.69, 9.17) is 4.74 Å². The quantitative estimate of drug-likeness (QED) is 0.896. The van der Waals surface area contributed by atoms with Gasteiger partial charge in [0.15, 0.2) is 0 Å². The number of pyridine rings is 1. The fourth-order valence-corrected chi connectivity index (χ4v) is 2.68. The van der Waals surface area contributed by atoms with Gasteiger partial charge in [0, 0.05) is 19.2 Å². The number of rotatable bonds is 3. The Bertz CT molecular complexity index is 738. The highest BCUT2D eigenvalue weighted by molar-refractivity contribution is 5.89. The minimum Gasteiger partial charge on any atom is -0.439 e. The molecule has 0 bridgehead atoms. The normalized spacial score (nSPS) is 15.1. The van der Waals surface area contributed by atoms with Gasteiger partial charge in [0.2, 0.25) is 5.88 Å². The third-order valence-electron chi connectivity index (χ3n) is 4.44. The van der Waals surface area contributed by atoms with Crippen LogP contribution in [-0.4, -0.2) is 40.2 Å². The number of aliphatic hydroxyl groups is 1. The van der Waals surface area contributed by atoms with Crippen LogP contribution in [0.25, 0.3) is 0 Å². The summed E-state index contributed by atoms with van der Waals surface area (Å²) in [5.74, 6) is 1.21. The number of nitrogens with zero attached hydrogens (tertiary/aromatic N) is 2. The van der Waals surface area contributed by atoms with Crippen LogP contribution < -0.4 is 10.1 Å². The van der Waals surface area contributed by atoms with E-state index in [2.05, 4.69) is 17.2 Å². The molecule has 2 aromatic rings. The Morgan fingerprint density at radius 2 is 1.96 bits per heavy atom. The Morgan fingerprint density at radius 3 is 2.60 bits per heavy atom. The molecule has 25 heavy (non-hydrogen) atoms. The fraction of sp³-hybridized carbons (Fsp3) is 0.368. The van der Waals surface area contributed by atoms with Gasteiger partial charge in [-0.2, -0.15) is 0 Å². The second-order valence-electron chi connectivity index (χ2n) is 6.38. The van der Waals surface area contributed by atoms with E-state index < -0.39 is 0 Å². The number of benzene rings is 1. The van der Waals surface area contributed by atoms with Crippen molar-refractivity contribution in [3.05, 3.63) is 47.7 Å². The van der Waals surface area contributed by atoms with Crippen molar-refractivity contribution < 1.29 is 14.6 Å². The number of aliphatic hydroxyl groups excluding tert-OH is 1. The Hall–Kier alpha value is -2.60. The van der Waals surface area contributed by atoms with Gasteiger partial charge in [-0.05, 0) is 56.0 Å². The number of aromatic nitrogens is 1. The molecule has 0 unspecified atom stereocenters. The molecule has 6 heteroatoms. The molecule has 0 radical (unpaired) electrons. The number of piperidine rings is 1. The number of likely N-dealkylation sites (tertiary alicyclic amines) is 1. The van der Waals surface area contributed by atoms with Crippen LogP contribution in [0.15, 0.2) is 36.5 Å². The minimum absolute atomic E-state index is 0.170. The molecule has 1 fully saturated rings. The molecule has 3 rings (SSSR count).